The van der Waals surface area contributed by atoms with E-state index in [0.717, 1.165) is 10.9 Å². The van der Waals surface area contributed by atoms with Crippen LogP contribution in [0, 0.1) is 5.41 Å². The second kappa shape index (κ2) is 5.17. The number of ketones is 1. The van der Waals surface area contributed by atoms with E-state index in [2.05, 4.69) is 60.7 Å². The van der Waals surface area contributed by atoms with Crippen LogP contribution in [0.1, 0.15) is 31.1 Å². The number of rotatable bonds is 1. The zero-order chi connectivity index (χ0) is 16.9. The minimum Gasteiger partial charge on any atom is -0.294 e. The van der Waals surface area contributed by atoms with Gasteiger partial charge in [0.1, 0.15) is 0 Å². The molecule has 0 atom stereocenters. The normalized spacial score (nSPS) is 12.1. The Morgan fingerprint density at radius 1 is 0.708 bits per heavy atom. The van der Waals surface area contributed by atoms with Gasteiger partial charge in [0.05, 0.1) is 0 Å². The van der Waals surface area contributed by atoms with E-state index in [1.54, 1.807) is 0 Å². The van der Waals surface area contributed by atoms with Crippen molar-refractivity contribution in [2.24, 2.45) is 5.41 Å². The Bertz CT molecular complexity index is 1090. The number of hydrogen-bond donors (Lipinski definition) is 0. The Labute approximate surface area is 141 Å². The van der Waals surface area contributed by atoms with Crippen molar-refractivity contribution in [3.8, 4) is 0 Å². The molecule has 0 amide bonds. The van der Waals surface area contributed by atoms with Crippen LogP contribution in [0.15, 0.2) is 66.7 Å². The molecule has 0 bridgehead atoms. The first-order valence-electron chi connectivity index (χ1n) is 8.34. The van der Waals surface area contributed by atoms with E-state index in [1.807, 2.05) is 26.8 Å². The third kappa shape index (κ3) is 2.28. The third-order valence-electron chi connectivity index (χ3n) is 4.67. The van der Waals surface area contributed by atoms with E-state index in [4.69, 9.17) is 0 Å². The van der Waals surface area contributed by atoms with Crippen molar-refractivity contribution in [3.05, 3.63) is 72.3 Å². The summed E-state index contributed by atoms with van der Waals surface area (Å²) in [6, 6.07) is 23.1. The molecule has 1 nitrogen and oxygen atoms in total. The van der Waals surface area contributed by atoms with E-state index in [-0.39, 0.29) is 11.2 Å². The highest BCUT2D eigenvalue weighted by molar-refractivity contribution is 6.21. The summed E-state index contributed by atoms with van der Waals surface area (Å²) < 4.78 is 0. The van der Waals surface area contributed by atoms with Crippen molar-refractivity contribution < 1.29 is 4.79 Å². The molecule has 0 aliphatic rings. The summed E-state index contributed by atoms with van der Waals surface area (Å²) in [5.74, 6) is 0.182. The monoisotopic (exact) mass is 312 g/mol. The van der Waals surface area contributed by atoms with Gasteiger partial charge in [0.15, 0.2) is 5.78 Å². The molecule has 0 aliphatic heterocycles. The van der Waals surface area contributed by atoms with E-state index in [1.165, 1.54) is 26.9 Å². The first-order valence-corrected chi connectivity index (χ1v) is 8.34. The Kier molecular flexibility index (Phi) is 3.21. The van der Waals surface area contributed by atoms with Crippen molar-refractivity contribution in [3.63, 3.8) is 0 Å². The number of carbonyl (C=O) groups excluding carboxylic acids is 1. The second-order valence-corrected chi connectivity index (χ2v) is 7.47. The zero-order valence-electron chi connectivity index (χ0n) is 14.3. The van der Waals surface area contributed by atoms with Crippen molar-refractivity contribution >= 4 is 38.1 Å². The molecule has 0 N–H and O–H groups in total. The molecule has 0 unspecified atom stereocenters. The molecule has 0 aliphatic carbocycles. The van der Waals surface area contributed by atoms with Crippen LogP contribution in [0.5, 0.6) is 0 Å². The van der Waals surface area contributed by atoms with Gasteiger partial charge in [0.25, 0.3) is 0 Å². The molecule has 118 valence electrons. The highest BCUT2D eigenvalue weighted by atomic mass is 16.1. The standard InChI is InChI=1S/C23H20O/c1-23(2,3)22(24)18-13-10-16-9-12-17-11-8-15-6-4-5-7-19(15)21(17)20(16)14-18/h4-14H,1-3H3. The number of benzene rings is 4. The average Bonchev–Trinajstić information content (AvgIpc) is 2.59. The summed E-state index contributed by atoms with van der Waals surface area (Å²) in [6.45, 7) is 5.91. The van der Waals surface area contributed by atoms with Gasteiger partial charge in [-0.15, -0.1) is 0 Å². The van der Waals surface area contributed by atoms with Gasteiger partial charge in [0, 0.05) is 11.0 Å². The minimum absolute atomic E-state index is 0.182. The fourth-order valence-electron chi connectivity index (χ4n) is 3.40. The fraction of sp³-hybridized carbons (Fsp3) is 0.174. The van der Waals surface area contributed by atoms with Crippen LogP contribution in [-0.4, -0.2) is 5.78 Å². The molecule has 0 saturated carbocycles. The molecule has 0 aromatic heterocycles. The molecule has 0 radical (unpaired) electrons. The van der Waals surface area contributed by atoms with Gasteiger partial charge < -0.3 is 0 Å². The summed E-state index contributed by atoms with van der Waals surface area (Å²) in [6.07, 6.45) is 0. The second-order valence-electron chi connectivity index (χ2n) is 7.47. The lowest BCUT2D eigenvalue weighted by Crippen LogP contribution is -2.20. The summed E-state index contributed by atoms with van der Waals surface area (Å²) in [7, 11) is 0. The molecule has 0 heterocycles. The lowest BCUT2D eigenvalue weighted by molar-refractivity contribution is 0.0858. The SMILES string of the molecule is CC(C)(C)C(=O)c1ccc2ccc3ccc4ccccc4c3c2c1. The van der Waals surface area contributed by atoms with Gasteiger partial charge in [-0.3, -0.25) is 4.79 Å². The maximum Gasteiger partial charge on any atom is 0.168 e. The predicted molar refractivity (Wildman–Crippen MR) is 103 cm³/mol. The Morgan fingerprint density at radius 3 is 2.00 bits per heavy atom. The van der Waals surface area contributed by atoms with Crippen LogP contribution in [0.3, 0.4) is 0 Å². The molecule has 0 fully saturated rings. The van der Waals surface area contributed by atoms with Crippen molar-refractivity contribution in [1.82, 2.24) is 0 Å². The Balaban J connectivity index is 2.12. The molecule has 4 aromatic carbocycles. The minimum atomic E-state index is -0.375. The van der Waals surface area contributed by atoms with E-state index in [9.17, 15) is 4.79 Å². The van der Waals surface area contributed by atoms with E-state index in [0.29, 0.717) is 0 Å². The fourth-order valence-corrected chi connectivity index (χ4v) is 3.40. The maximum absolute atomic E-state index is 12.7. The van der Waals surface area contributed by atoms with Gasteiger partial charge in [-0.1, -0.05) is 81.4 Å². The molecule has 0 spiro atoms. The summed E-state index contributed by atoms with van der Waals surface area (Å²) in [5.41, 5.74) is 0.413. The molecular weight excluding hydrogens is 292 g/mol. The van der Waals surface area contributed by atoms with E-state index < -0.39 is 0 Å². The van der Waals surface area contributed by atoms with Crippen LogP contribution in [-0.2, 0) is 0 Å². The highest BCUT2D eigenvalue weighted by Gasteiger charge is 2.23. The lowest BCUT2D eigenvalue weighted by Gasteiger charge is -2.17. The molecular formula is C23H20O. The van der Waals surface area contributed by atoms with Crippen LogP contribution < -0.4 is 0 Å². The molecule has 4 rings (SSSR count). The summed E-state index contributed by atoms with van der Waals surface area (Å²) >= 11 is 0. The summed E-state index contributed by atoms with van der Waals surface area (Å²) in [4.78, 5) is 12.7. The lowest BCUT2D eigenvalue weighted by atomic mass is 9.85. The molecule has 4 aromatic rings. The van der Waals surface area contributed by atoms with Gasteiger partial charge in [-0.05, 0) is 38.4 Å². The quantitative estimate of drug-likeness (QED) is 0.294. The number of carbonyl (C=O) groups is 1. The van der Waals surface area contributed by atoms with Crippen LogP contribution >= 0.6 is 0 Å². The highest BCUT2D eigenvalue weighted by Crippen LogP contribution is 2.33. The van der Waals surface area contributed by atoms with Gasteiger partial charge in [-0.2, -0.15) is 0 Å². The van der Waals surface area contributed by atoms with Gasteiger partial charge in [-0.25, -0.2) is 0 Å². The first-order chi connectivity index (χ1) is 11.4. The van der Waals surface area contributed by atoms with Gasteiger partial charge in [0.2, 0.25) is 0 Å². The van der Waals surface area contributed by atoms with Crippen LogP contribution in [0.25, 0.3) is 32.3 Å². The predicted octanol–water partition coefficient (Wildman–Crippen LogP) is 6.38. The first kappa shape index (κ1) is 14.9. The van der Waals surface area contributed by atoms with Crippen LogP contribution in [0.2, 0.25) is 0 Å². The van der Waals surface area contributed by atoms with Crippen molar-refractivity contribution in [2.45, 2.75) is 20.8 Å². The van der Waals surface area contributed by atoms with Crippen LogP contribution in [0.4, 0.5) is 0 Å². The topological polar surface area (TPSA) is 17.1 Å². The summed E-state index contributed by atoms with van der Waals surface area (Å²) in [5, 5.41) is 7.23. The van der Waals surface area contributed by atoms with Gasteiger partial charge >= 0.3 is 0 Å². The zero-order valence-corrected chi connectivity index (χ0v) is 14.3. The largest absolute Gasteiger partial charge is 0.294 e. The third-order valence-corrected chi connectivity index (χ3v) is 4.67. The van der Waals surface area contributed by atoms with Crippen molar-refractivity contribution in [1.29, 1.82) is 0 Å². The smallest absolute Gasteiger partial charge is 0.168 e. The molecule has 24 heavy (non-hydrogen) atoms. The maximum atomic E-state index is 12.7. The Hall–Kier alpha value is -2.67. The Morgan fingerprint density at radius 2 is 1.29 bits per heavy atom. The number of Topliss-reactive ketones (excluding diaryl/α,β-unsaturated/α-hetero) is 1. The van der Waals surface area contributed by atoms with Crippen molar-refractivity contribution in [2.75, 3.05) is 0 Å². The molecule has 0 saturated heterocycles. The number of fused-ring (bicyclic) bond motifs is 5. The van der Waals surface area contributed by atoms with E-state index >= 15 is 0 Å². The molecule has 1 heteroatoms. The average molecular weight is 312 g/mol. The number of hydrogen-bond acceptors (Lipinski definition) is 1.